The zero-order valence-corrected chi connectivity index (χ0v) is 20.8. The van der Waals surface area contributed by atoms with Gasteiger partial charge in [0.2, 0.25) is 5.79 Å². The molecule has 1 spiro atoms. The number of benzene rings is 2. The molecule has 3 heterocycles. The molecule has 0 aliphatic carbocycles. The maximum atomic E-state index is 13.9. The van der Waals surface area contributed by atoms with Crippen molar-refractivity contribution in [1.29, 1.82) is 0 Å². The first-order valence-electron chi connectivity index (χ1n) is 12.3. The predicted octanol–water partition coefficient (Wildman–Crippen LogP) is 2.79. The Morgan fingerprint density at radius 3 is 2.64 bits per heavy atom. The van der Waals surface area contributed by atoms with E-state index in [2.05, 4.69) is 10.3 Å². The number of hydrogen-bond donors (Lipinski definition) is 2. The summed E-state index contributed by atoms with van der Waals surface area (Å²) in [6.45, 7) is -0.319. The third-order valence-electron chi connectivity index (χ3n) is 6.91. The second-order valence-electron chi connectivity index (χ2n) is 9.33. The van der Waals surface area contributed by atoms with Crippen LogP contribution in [0.25, 0.3) is 11.3 Å². The third kappa shape index (κ3) is 5.10. The van der Waals surface area contributed by atoms with E-state index in [-0.39, 0.29) is 29.8 Å². The lowest BCUT2D eigenvalue weighted by atomic mass is 9.86. The molecule has 2 fully saturated rings. The summed E-state index contributed by atoms with van der Waals surface area (Å²) in [5.41, 5.74) is 0.0179. The molecule has 5 rings (SSSR count). The Morgan fingerprint density at radius 2 is 1.97 bits per heavy atom. The van der Waals surface area contributed by atoms with Gasteiger partial charge in [-0.1, -0.05) is 11.3 Å². The van der Waals surface area contributed by atoms with Crippen LogP contribution in [0.4, 0.5) is 13.2 Å². The Bertz CT molecular complexity index is 1320. The Balaban J connectivity index is 1.56. The maximum Gasteiger partial charge on any atom is 0.338 e. The summed E-state index contributed by atoms with van der Waals surface area (Å²) in [5, 5.41) is 29.2. The van der Waals surface area contributed by atoms with E-state index >= 15 is 0 Å². The minimum Gasteiger partial charge on any atom is -0.497 e. The van der Waals surface area contributed by atoms with Gasteiger partial charge in [0.05, 0.1) is 32.1 Å². The van der Waals surface area contributed by atoms with Crippen LogP contribution in [0.5, 0.6) is 5.75 Å². The van der Waals surface area contributed by atoms with E-state index in [0.717, 1.165) is 16.8 Å². The minimum absolute atomic E-state index is 0.0384. The number of hydrogen-bond acceptors (Lipinski definition) is 9. The summed E-state index contributed by atoms with van der Waals surface area (Å²) in [6, 6.07) is 6.59. The molecule has 10 nitrogen and oxygen atoms in total. The monoisotopic (exact) mass is 549 g/mol. The second kappa shape index (κ2) is 10.9. The number of carbonyl (C=O) groups is 1. The summed E-state index contributed by atoms with van der Waals surface area (Å²) in [6.07, 6.45) is -0.996. The highest BCUT2D eigenvalue weighted by atomic mass is 19.2. The van der Waals surface area contributed by atoms with Crippen molar-refractivity contribution < 1.29 is 47.1 Å². The van der Waals surface area contributed by atoms with Gasteiger partial charge >= 0.3 is 5.97 Å². The van der Waals surface area contributed by atoms with Gasteiger partial charge in [0.25, 0.3) is 0 Å². The quantitative estimate of drug-likeness (QED) is 0.353. The molecule has 0 amide bonds. The number of carbonyl (C=O) groups excluding carboxylic acids is 1. The van der Waals surface area contributed by atoms with Gasteiger partial charge in [0.1, 0.15) is 29.7 Å². The lowest BCUT2D eigenvalue weighted by Crippen LogP contribution is -2.65. The highest BCUT2D eigenvalue weighted by Gasteiger charge is 2.59. The molecule has 208 valence electrons. The average Bonchev–Trinajstić information content (AvgIpc) is 3.44. The van der Waals surface area contributed by atoms with E-state index in [1.807, 2.05) is 0 Å². The second-order valence-corrected chi connectivity index (χ2v) is 9.33. The Morgan fingerprint density at radius 1 is 1.21 bits per heavy atom. The van der Waals surface area contributed by atoms with E-state index in [0.29, 0.717) is 18.6 Å². The van der Waals surface area contributed by atoms with Crippen molar-refractivity contribution in [3.63, 3.8) is 0 Å². The number of esters is 1. The fraction of sp³-hybridized carbons (Fsp3) is 0.423. The first kappa shape index (κ1) is 27.1. The molecule has 1 aromatic heterocycles. The zero-order valence-electron chi connectivity index (χ0n) is 20.8. The smallest absolute Gasteiger partial charge is 0.338 e. The first-order chi connectivity index (χ1) is 18.8. The van der Waals surface area contributed by atoms with Crippen LogP contribution in [-0.2, 0) is 14.2 Å². The van der Waals surface area contributed by atoms with Gasteiger partial charge in [-0.25, -0.2) is 22.6 Å². The first-order valence-corrected chi connectivity index (χ1v) is 12.3. The van der Waals surface area contributed by atoms with Crippen molar-refractivity contribution >= 4 is 5.97 Å². The van der Waals surface area contributed by atoms with Crippen molar-refractivity contribution in [3.05, 3.63) is 65.6 Å². The molecule has 3 aromatic rings. The Labute approximate surface area is 220 Å². The van der Waals surface area contributed by atoms with Crippen molar-refractivity contribution in [2.24, 2.45) is 0 Å². The number of aromatic nitrogens is 3. The van der Waals surface area contributed by atoms with Gasteiger partial charge in [-0.2, -0.15) is 0 Å². The number of aliphatic hydroxyl groups is 2. The molecule has 0 radical (unpaired) electrons. The summed E-state index contributed by atoms with van der Waals surface area (Å²) in [7, 11) is 1.45. The molecule has 2 aromatic carbocycles. The normalized spacial score (nSPS) is 26.9. The minimum atomic E-state index is -1.63. The summed E-state index contributed by atoms with van der Waals surface area (Å²) >= 11 is 0. The van der Waals surface area contributed by atoms with Crippen LogP contribution in [0.3, 0.4) is 0 Å². The standard InChI is InChI=1S/C26H26F3N3O7/c1-36-16-6-4-5-14(9-16)25(35)38-24-22(23(34)20(13-33)39-26(24)7-2-3-8-37-26)32-12-19(30-31-32)15-10-17(27)21(29)18(28)11-15/h4-6,9-12,20,22-24,33-34H,2-3,7-8,13H2,1H3/t20-,22-,23+,24-,26-/m1/s1. The highest BCUT2D eigenvalue weighted by molar-refractivity contribution is 5.90. The number of ether oxygens (including phenoxy) is 4. The van der Waals surface area contributed by atoms with E-state index in [1.165, 1.54) is 25.4 Å². The number of halogens is 3. The number of rotatable bonds is 6. The number of aliphatic hydroxyl groups excluding tert-OH is 2. The van der Waals surface area contributed by atoms with Crippen LogP contribution in [0.15, 0.2) is 42.6 Å². The van der Waals surface area contributed by atoms with Crippen molar-refractivity contribution in [2.75, 3.05) is 20.3 Å². The number of methoxy groups -OCH3 is 1. The van der Waals surface area contributed by atoms with Crippen LogP contribution < -0.4 is 4.74 Å². The molecule has 0 unspecified atom stereocenters. The molecule has 2 aliphatic heterocycles. The number of nitrogens with zero attached hydrogens (tertiary/aromatic N) is 3. The molecule has 0 bridgehead atoms. The highest BCUT2D eigenvalue weighted by Crippen LogP contribution is 2.44. The van der Waals surface area contributed by atoms with Crippen LogP contribution >= 0.6 is 0 Å². The van der Waals surface area contributed by atoms with Crippen LogP contribution in [0.2, 0.25) is 0 Å². The molecule has 2 N–H and O–H groups in total. The largest absolute Gasteiger partial charge is 0.497 e. The van der Waals surface area contributed by atoms with Gasteiger partial charge in [0, 0.05) is 12.0 Å². The average molecular weight is 550 g/mol. The molecule has 0 saturated carbocycles. The van der Waals surface area contributed by atoms with Gasteiger partial charge in [-0.3, -0.25) is 0 Å². The predicted molar refractivity (Wildman–Crippen MR) is 127 cm³/mol. The molecular weight excluding hydrogens is 523 g/mol. The lowest BCUT2D eigenvalue weighted by molar-refractivity contribution is -0.363. The molecule has 2 saturated heterocycles. The van der Waals surface area contributed by atoms with Gasteiger partial charge in [0.15, 0.2) is 23.6 Å². The summed E-state index contributed by atoms with van der Waals surface area (Å²) < 4.78 is 65.5. The Kier molecular flexibility index (Phi) is 7.58. The van der Waals surface area contributed by atoms with Crippen LogP contribution in [0.1, 0.15) is 35.7 Å². The van der Waals surface area contributed by atoms with E-state index in [4.69, 9.17) is 18.9 Å². The topological polar surface area (TPSA) is 125 Å². The lowest BCUT2D eigenvalue weighted by Gasteiger charge is -2.51. The SMILES string of the molecule is COc1cccc(C(=O)O[C@@H]2[C@H](n3cc(-c4cc(F)c(F)c(F)c4)nn3)[C@@H](O)[C@@H](CO)O[C@]23CCCCO3)c1. The zero-order chi connectivity index (χ0) is 27.7. The van der Waals surface area contributed by atoms with Gasteiger partial charge < -0.3 is 29.2 Å². The molecule has 39 heavy (non-hydrogen) atoms. The third-order valence-corrected chi connectivity index (χ3v) is 6.91. The van der Waals surface area contributed by atoms with Crippen LogP contribution in [-0.4, -0.2) is 75.6 Å². The van der Waals surface area contributed by atoms with Gasteiger partial charge in [-0.15, -0.1) is 5.10 Å². The van der Waals surface area contributed by atoms with Crippen molar-refractivity contribution in [1.82, 2.24) is 15.0 Å². The molecular formula is C26H26F3N3O7. The van der Waals surface area contributed by atoms with E-state index < -0.39 is 60.2 Å². The van der Waals surface area contributed by atoms with E-state index in [1.54, 1.807) is 12.1 Å². The molecule has 2 aliphatic rings. The van der Waals surface area contributed by atoms with Gasteiger partial charge in [-0.05, 0) is 43.2 Å². The maximum absolute atomic E-state index is 13.9. The van der Waals surface area contributed by atoms with E-state index in [9.17, 15) is 28.2 Å². The molecule has 13 heteroatoms. The fourth-order valence-electron chi connectivity index (χ4n) is 4.95. The molecule has 5 atom stereocenters. The summed E-state index contributed by atoms with van der Waals surface area (Å²) in [5.74, 6) is -6.33. The van der Waals surface area contributed by atoms with Crippen molar-refractivity contribution in [3.8, 4) is 17.0 Å². The fourth-order valence-corrected chi connectivity index (χ4v) is 4.95. The Hall–Kier alpha value is -3.52. The van der Waals surface area contributed by atoms with Crippen molar-refractivity contribution in [2.45, 2.75) is 49.4 Å². The summed E-state index contributed by atoms with van der Waals surface area (Å²) in [4.78, 5) is 13.3. The van der Waals surface area contributed by atoms with Crippen LogP contribution in [0, 0.1) is 17.5 Å².